The maximum Gasteiger partial charge on any atom is 0.0585 e. The van der Waals surface area contributed by atoms with Crippen molar-refractivity contribution < 1.29 is 5.11 Å². The molecule has 1 aromatic rings. The van der Waals surface area contributed by atoms with Gasteiger partial charge in [-0.3, -0.25) is 0 Å². The SMILES string of the molecule is CSCCC(CO)NCc1sccc1Cl. The summed E-state index contributed by atoms with van der Waals surface area (Å²) < 4.78 is 0. The van der Waals surface area contributed by atoms with E-state index in [4.69, 9.17) is 16.7 Å². The molecule has 1 aromatic heterocycles. The first-order valence-corrected chi connectivity index (χ1v) is 7.48. The topological polar surface area (TPSA) is 32.3 Å². The Hall–Kier alpha value is 0.260. The Balaban J connectivity index is 2.31. The fraction of sp³-hybridized carbons (Fsp3) is 0.600. The third kappa shape index (κ3) is 4.74. The lowest BCUT2D eigenvalue weighted by Gasteiger charge is -2.15. The number of nitrogens with one attached hydrogen (secondary N) is 1. The van der Waals surface area contributed by atoms with Crippen LogP contribution < -0.4 is 5.32 Å². The second kappa shape index (κ2) is 7.52. The molecule has 0 bridgehead atoms. The lowest BCUT2D eigenvalue weighted by molar-refractivity contribution is 0.239. The van der Waals surface area contributed by atoms with Crippen LogP contribution in [0.4, 0.5) is 0 Å². The largest absolute Gasteiger partial charge is 0.395 e. The Bertz CT molecular complexity index is 280. The van der Waals surface area contributed by atoms with Gasteiger partial charge in [0.05, 0.1) is 11.6 Å². The Morgan fingerprint density at radius 2 is 2.47 bits per heavy atom. The van der Waals surface area contributed by atoms with E-state index in [1.54, 1.807) is 23.1 Å². The van der Waals surface area contributed by atoms with E-state index in [9.17, 15) is 0 Å². The van der Waals surface area contributed by atoms with E-state index in [-0.39, 0.29) is 12.6 Å². The smallest absolute Gasteiger partial charge is 0.0585 e. The molecular weight excluding hydrogens is 250 g/mol. The van der Waals surface area contributed by atoms with E-state index in [1.165, 1.54) is 0 Å². The lowest BCUT2D eigenvalue weighted by atomic mass is 10.2. The highest BCUT2D eigenvalue weighted by molar-refractivity contribution is 7.98. The Labute approximate surface area is 104 Å². The van der Waals surface area contributed by atoms with Gasteiger partial charge in [0.25, 0.3) is 0 Å². The molecule has 0 saturated heterocycles. The normalized spacial score (nSPS) is 13.0. The quantitative estimate of drug-likeness (QED) is 0.795. The number of thioether (sulfide) groups is 1. The summed E-state index contributed by atoms with van der Waals surface area (Å²) in [6.45, 7) is 0.930. The average molecular weight is 266 g/mol. The van der Waals surface area contributed by atoms with Crippen molar-refractivity contribution in [2.75, 3.05) is 18.6 Å². The first-order valence-electron chi connectivity index (χ1n) is 4.83. The third-order valence-corrected chi connectivity index (χ3v) is 4.16. The molecular formula is C10H16ClNOS2. The van der Waals surface area contributed by atoms with E-state index >= 15 is 0 Å². The fourth-order valence-corrected chi connectivity index (χ4v) is 2.78. The summed E-state index contributed by atoms with van der Waals surface area (Å²) in [5, 5.41) is 15.3. The van der Waals surface area contributed by atoms with Gasteiger partial charge in [0.1, 0.15) is 0 Å². The molecule has 2 nitrogen and oxygen atoms in total. The van der Waals surface area contributed by atoms with Crippen LogP contribution in [-0.4, -0.2) is 29.8 Å². The maximum atomic E-state index is 9.15. The highest BCUT2D eigenvalue weighted by Crippen LogP contribution is 2.21. The summed E-state index contributed by atoms with van der Waals surface area (Å²) in [6, 6.07) is 2.08. The molecule has 0 fully saturated rings. The molecule has 1 unspecified atom stereocenters. The zero-order valence-electron chi connectivity index (χ0n) is 8.70. The fourth-order valence-electron chi connectivity index (χ4n) is 1.21. The zero-order chi connectivity index (χ0) is 11.1. The van der Waals surface area contributed by atoms with Gasteiger partial charge < -0.3 is 10.4 Å². The summed E-state index contributed by atoms with van der Waals surface area (Å²) in [5.74, 6) is 1.07. The van der Waals surface area contributed by atoms with E-state index in [0.717, 1.165) is 28.6 Å². The minimum absolute atomic E-state index is 0.176. The molecule has 0 radical (unpaired) electrons. The molecule has 0 spiro atoms. The van der Waals surface area contributed by atoms with Crippen LogP contribution in [0.3, 0.4) is 0 Å². The van der Waals surface area contributed by atoms with E-state index in [2.05, 4.69) is 11.6 Å². The third-order valence-electron chi connectivity index (χ3n) is 2.13. The maximum absolute atomic E-state index is 9.15. The van der Waals surface area contributed by atoms with Crippen molar-refractivity contribution in [2.45, 2.75) is 19.0 Å². The van der Waals surface area contributed by atoms with Gasteiger partial charge >= 0.3 is 0 Å². The van der Waals surface area contributed by atoms with Gasteiger partial charge in [-0.25, -0.2) is 0 Å². The molecule has 5 heteroatoms. The van der Waals surface area contributed by atoms with E-state index < -0.39 is 0 Å². The first-order chi connectivity index (χ1) is 7.27. The molecule has 2 N–H and O–H groups in total. The van der Waals surface area contributed by atoms with E-state index in [1.807, 2.05) is 11.4 Å². The van der Waals surface area contributed by atoms with Crippen LogP contribution in [-0.2, 0) is 6.54 Å². The number of rotatable bonds is 7. The van der Waals surface area contributed by atoms with Gasteiger partial charge in [0.15, 0.2) is 0 Å². The second-order valence-corrected chi connectivity index (χ2v) is 5.63. The molecule has 1 atom stereocenters. The molecule has 0 aromatic carbocycles. The van der Waals surface area contributed by atoms with Crippen molar-refractivity contribution in [1.82, 2.24) is 5.32 Å². The number of hydrogen-bond donors (Lipinski definition) is 2. The highest BCUT2D eigenvalue weighted by Gasteiger charge is 2.08. The zero-order valence-corrected chi connectivity index (χ0v) is 11.1. The number of aliphatic hydroxyl groups is 1. The van der Waals surface area contributed by atoms with Crippen LogP contribution in [0, 0.1) is 0 Å². The summed E-state index contributed by atoms with van der Waals surface area (Å²) in [7, 11) is 0. The molecule has 0 aliphatic carbocycles. The molecule has 86 valence electrons. The number of thiophene rings is 1. The van der Waals surface area contributed by atoms with Crippen molar-refractivity contribution in [1.29, 1.82) is 0 Å². The monoisotopic (exact) mass is 265 g/mol. The lowest BCUT2D eigenvalue weighted by Crippen LogP contribution is -2.32. The minimum Gasteiger partial charge on any atom is -0.395 e. The summed E-state index contributed by atoms with van der Waals surface area (Å²) in [5.41, 5.74) is 0. The highest BCUT2D eigenvalue weighted by atomic mass is 35.5. The van der Waals surface area contributed by atoms with Crippen LogP contribution in [0.5, 0.6) is 0 Å². The number of hydrogen-bond acceptors (Lipinski definition) is 4. The predicted octanol–water partition coefficient (Wildman–Crippen LogP) is 2.61. The van der Waals surface area contributed by atoms with Crippen LogP contribution in [0.25, 0.3) is 0 Å². The van der Waals surface area contributed by atoms with Crippen LogP contribution in [0.15, 0.2) is 11.4 Å². The molecule has 15 heavy (non-hydrogen) atoms. The summed E-state index contributed by atoms with van der Waals surface area (Å²) in [4.78, 5) is 1.14. The molecule has 1 rings (SSSR count). The number of halogens is 1. The van der Waals surface area contributed by atoms with Gasteiger partial charge in [-0.1, -0.05) is 11.6 Å². The van der Waals surface area contributed by atoms with Crippen LogP contribution >= 0.6 is 34.7 Å². The van der Waals surface area contributed by atoms with Crippen molar-refractivity contribution >= 4 is 34.7 Å². The van der Waals surface area contributed by atoms with Gasteiger partial charge in [0, 0.05) is 17.5 Å². The van der Waals surface area contributed by atoms with Crippen molar-refractivity contribution in [2.24, 2.45) is 0 Å². The average Bonchev–Trinajstić information content (AvgIpc) is 2.65. The Morgan fingerprint density at radius 1 is 1.67 bits per heavy atom. The van der Waals surface area contributed by atoms with Crippen molar-refractivity contribution in [3.05, 3.63) is 21.3 Å². The summed E-state index contributed by atoms with van der Waals surface area (Å²) >= 11 is 9.42. The Morgan fingerprint density at radius 3 is 3.00 bits per heavy atom. The minimum atomic E-state index is 0.176. The van der Waals surface area contributed by atoms with Gasteiger partial charge in [-0.15, -0.1) is 11.3 Å². The van der Waals surface area contributed by atoms with Crippen LogP contribution in [0.1, 0.15) is 11.3 Å². The summed E-state index contributed by atoms with van der Waals surface area (Å²) in [6.07, 6.45) is 3.06. The Kier molecular flexibility index (Phi) is 6.68. The molecule has 0 aliphatic rings. The molecule has 0 aliphatic heterocycles. The number of aliphatic hydroxyl groups excluding tert-OH is 1. The first kappa shape index (κ1) is 13.3. The van der Waals surface area contributed by atoms with Gasteiger partial charge in [0.2, 0.25) is 0 Å². The standard InChI is InChI=1S/C10H16ClNOS2/c1-14-4-2-8(7-13)12-6-10-9(11)3-5-15-10/h3,5,8,12-13H,2,4,6-7H2,1H3. The predicted molar refractivity (Wildman–Crippen MR) is 70.0 cm³/mol. The molecule has 0 amide bonds. The molecule has 1 heterocycles. The second-order valence-electron chi connectivity index (χ2n) is 3.23. The van der Waals surface area contributed by atoms with Crippen LogP contribution in [0.2, 0.25) is 5.02 Å². The van der Waals surface area contributed by atoms with Gasteiger partial charge in [-0.2, -0.15) is 11.8 Å². The van der Waals surface area contributed by atoms with E-state index in [0.29, 0.717) is 0 Å². The van der Waals surface area contributed by atoms with Crippen molar-refractivity contribution in [3.8, 4) is 0 Å². The van der Waals surface area contributed by atoms with Crippen molar-refractivity contribution in [3.63, 3.8) is 0 Å². The molecule has 0 saturated carbocycles. The van der Waals surface area contributed by atoms with Gasteiger partial charge in [-0.05, 0) is 29.9 Å².